The molecule has 5 N–H and O–H groups in total. The summed E-state index contributed by atoms with van der Waals surface area (Å²) in [6.07, 6.45) is 0.521. The maximum Gasteiger partial charge on any atom is 0.280 e. The molecular weight excluding hydrogens is 301 g/mol. The first-order chi connectivity index (χ1) is 10.1. The minimum absolute atomic E-state index is 0.0740. The third-order valence-electron chi connectivity index (χ3n) is 3.29. The van der Waals surface area contributed by atoms with Crippen LogP contribution in [-0.2, 0) is 0 Å². The Morgan fingerprint density at radius 2 is 2.38 bits per heavy atom. The highest BCUT2D eigenvalue weighted by molar-refractivity contribution is 8.00. The van der Waals surface area contributed by atoms with Crippen LogP contribution < -0.4 is 11.3 Å². The highest BCUT2D eigenvalue weighted by atomic mass is 32.2. The summed E-state index contributed by atoms with van der Waals surface area (Å²) in [4.78, 5) is 22.0. The number of nitrogen functional groups attached to an aromatic ring is 1. The third kappa shape index (κ3) is 2.11. The first-order valence-corrected chi connectivity index (χ1v) is 6.98. The summed E-state index contributed by atoms with van der Waals surface area (Å²) in [5, 5.41) is 18.0. The van der Waals surface area contributed by atoms with E-state index in [0.717, 1.165) is 11.8 Å². The van der Waals surface area contributed by atoms with Gasteiger partial charge < -0.3 is 15.9 Å². The van der Waals surface area contributed by atoms with Gasteiger partial charge in [0.15, 0.2) is 11.2 Å². The fourth-order valence-electron chi connectivity index (χ4n) is 2.28. The number of aromatic nitrogens is 4. The molecule has 0 spiro atoms. The van der Waals surface area contributed by atoms with Gasteiger partial charge in [-0.1, -0.05) is 0 Å². The summed E-state index contributed by atoms with van der Waals surface area (Å²) in [5.74, 6) is -0.0812. The lowest BCUT2D eigenvalue weighted by Gasteiger charge is -2.13. The van der Waals surface area contributed by atoms with Crippen LogP contribution in [0.3, 0.4) is 0 Å². The Morgan fingerprint density at radius 3 is 3.05 bits per heavy atom. The molecule has 8 nitrogen and oxygen atoms in total. The second-order valence-electron chi connectivity index (χ2n) is 4.54. The number of halogens is 1. The number of fused-ring (bicyclic) bond motifs is 1. The van der Waals surface area contributed by atoms with E-state index >= 15 is 0 Å². The molecule has 10 heteroatoms. The number of hydrogen-bond acceptors (Lipinski definition) is 7. The second-order valence-corrected chi connectivity index (χ2v) is 5.86. The molecule has 112 valence electrons. The smallest absolute Gasteiger partial charge is 0.280 e. The lowest BCUT2D eigenvalue weighted by atomic mass is 10.1. The average Bonchev–Trinajstić information content (AvgIpc) is 2.99. The largest absolute Gasteiger partial charge is 0.395 e. The van der Waals surface area contributed by atoms with Crippen molar-refractivity contribution in [3.05, 3.63) is 28.6 Å². The topological polar surface area (TPSA) is 130 Å². The van der Waals surface area contributed by atoms with Crippen molar-refractivity contribution in [2.45, 2.75) is 16.7 Å². The molecule has 0 aromatic carbocycles. The van der Waals surface area contributed by atoms with E-state index in [-0.39, 0.29) is 29.3 Å². The van der Waals surface area contributed by atoms with Gasteiger partial charge in [0.2, 0.25) is 5.95 Å². The number of aromatic amines is 1. The number of aliphatic hydroxyl groups is 2. The van der Waals surface area contributed by atoms with Gasteiger partial charge in [0.1, 0.15) is 5.37 Å². The fraction of sp³-hybridized carbons (Fsp3) is 0.364. The van der Waals surface area contributed by atoms with Gasteiger partial charge in [-0.05, 0) is 0 Å². The molecule has 2 aromatic heterocycles. The Bertz CT molecular complexity index is 773. The van der Waals surface area contributed by atoms with Crippen LogP contribution in [0.15, 0.2) is 23.0 Å². The van der Waals surface area contributed by atoms with E-state index in [1.54, 1.807) is 0 Å². The molecule has 3 rings (SSSR count). The molecule has 3 heterocycles. The summed E-state index contributed by atoms with van der Waals surface area (Å²) in [5.41, 5.74) is 5.36. The molecule has 1 unspecified atom stereocenters. The van der Waals surface area contributed by atoms with E-state index in [0.29, 0.717) is 6.33 Å². The number of aliphatic hydroxyl groups excluding tert-OH is 2. The number of thioether (sulfide) groups is 1. The SMILES string of the molecule is Nc1nc2c(ncn2[C@H]2S[C@H](CO)C(O)/C2=C/F)c(=O)[nH]1. The third-order valence-corrected chi connectivity index (χ3v) is 4.81. The molecule has 1 saturated heterocycles. The van der Waals surface area contributed by atoms with Crippen LogP contribution in [0.2, 0.25) is 0 Å². The van der Waals surface area contributed by atoms with Crippen molar-refractivity contribution in [3.63, 3.8) is 0 Å². The number of nitrogens with one attached hydrogen (secondary N) is 1. The number of imidazole rings is 1. The van der Waals surface area contributed by atoms with E-state index < -0.39 is 22.3 Å². The van der Waals surface area contributed by atoms with Gasteiger partial charge in [-0.15, -0.1) is 11.8 Å². The number of rotatable bonds is 2. The van der Waals surface area contributed by atoms with Gasteiger partial charge in [-0.3, -0.25) is 14.3 Å². The van der Waals surface area contributed by atoms with Gasteiger partial charge in [0.05, 0.1) is 30.6 Å². The van der Waals surface area contributed by atoms with Crippen molar-refractivity contribution in [1.82, 2.24) is 19.5 Å². The molecule has 0 amide bonds. The average molecular weight is 313 g/mol. The lowest BCUT2D eigenvalue weighted by molar-refractivity contribution is 0.170. The van der Waals surface area contributed by atoms with Crippen molar-refractivity contribution >= 4 is 28.9 Å². The van der Waals surface area contributed by atoms with Crippen molar-refractivity contribution in [2.75, 3.05) is 12.3 Å². The monoisotopic (exact) mass is 313 g/mol. The predicted octanol–water partition coefficient (Wildman–Crippen LogP) is -0.478. The van der Waals surface area contributed by atoms with Crippen molar-refractivity contribution < 1.29 is 14.6 Å². The van der Waals surface area contributed by atoms with Crippen molar-refractivity contribution in [2.24, 2.45) is 0 Å². The zero-order valence-electron chi connectivity index (χ0n) is 10.6. The molecule has 0 saturated carbocycles. The van der Waals surface area contributed by atoms with Crippen LogP contribution in [0.1, 0.15) is 5.37 Å². The van der Waals surface area contributed by atoms with Gasteiger partial charge >= 0.3 is 0 Å². The number of hydrogen-bond donors (Lipinski definition) is 4. The maximum atomic E-state index is 13.1. The van der Waals surface area contributed by atoms with E-state index in [1.165, 1.54) is 10.9 Å². The molecule has 0 aliphatic carbocycles. The van der Waals surface area contributed by atoms with Crippen molar-refractivity contribution in [3.8, 4) is 0 Å². The Balaban J connectivity index is 2.15. The van der Waals surface area contributed by atoms with E-state index in [4.69, 9.17) is 5.73 Å². The molecule has 21 heavy (non-hydrogen) atoms. The Labute approximate surface area is 121 Å². The molecule has 0 bridgehead atoms. The predicted molar refractivity (Wildman–Crippen MR) is 75.3 cm³/mol. The lowest BCUT2D eigenvalue weighted by Crippen LogP contribution is -2.22. The fourth-order valence-corrected chi connectivity index (χ4v) is 3.64. The number of nitrogens with zero attached hydrogens (tertiary/aromatic N) is 3. The Kier molecular flexibility index (Phi) is 3.43. The quantitative estimate of drug-likeness (QED) is 0.589. The van der Waals surface area contributed by atoms with Crippen molar-refractivity contribution in [1.29, 1.82) is 0 Å². The van der Waals surface area contributed by atoms with Gasteiger partial charge in [0, 0.05) is 5.57 Å². The van der Waals surface area contributed by atoms with Gasteiger partial charge in [-0.25, -0.2) is 9.37 Å². The molecule has 1 aliphatic heterocycles. The zero-order chi connectivity index (χ0) is 15.1. The second kappa shape index (κ2) is 5.13. The minimum Gasteiger partial charge on any atom is -0.395 e. The molecule has 1 fully saturated rings. The van der Waals surface area contributed by atoms with E-state index in [2.05, 4.69) is 15.0 Å². The number of anilines is 1. The number of H-pyrrole nitrogens is 1. The standard InChI is InChI=1S/C11H12FN5O3S/c12-1-4-7(19)5(2-18)21-10(4)17-3-14-6-8(17)15-11(13)16-9(6)20/h1,3,5,7,10,18-19H,2H2,(H3,13,15,16,20)/b4-1-/t5-,7?,10+/m1/s1. The molecule has 0 radical (unpaired) electrons. The van der Waals surface area contributed by atoms with Crippen LogP contribution in [0, 0.1) is 0 Å². The van der Waals surface area contributed by atoms with Crippen LogP contribution in [-0.4, -0.2) is 47.7 Å². The summed E-state index contributed by atoms with van der Waals surface area (Å²) < 4.78 is 14.5. The normalized spacial score (nSPS) is 27.8. The first kappa shape index (κ1) is 14.0. The minimum atomic E-state index is -1.12. The number of nitrogens with two attached hydrogens (primary N) is 1. The highest BCUT2D eigenvalue weighted by Gasteiger charge is 2.40. The Morgan fingerprint density at radius 1 is 1.62 bits per heavy atom. The molecule has 3 atom stereocenters. The zero-order valence-corrected chi connectivity index (χ0v) is 11.4. The maximum absolute atomic E-state index is 13.1. The van der Waals surface area contributed by atoms with E-state index in [9.17, 15) is 19.4 Å². The molecular formula is C11H12FN5O3S. The summed E-state index contributed by atoms with van der Waals surface area (Å²) in [6, 6.07) is 0. The highest BCUT2D eigenvalue weighted by Crippen LogP contribution is 2.46. The van der Waals surface area contributed by atoms with Gasteiger partial charge in [0.25, 0.3) is 5.56 Å². The summed E-state index contributed by atoms with van der Waals surface area (Å²) in [6.45, 7) is -0.303. The summed E-state index contributed by atoms with van der Waals surface area (Å²) >= 11 is 1.16. The Hall–Kier alpha value is -1.91. The molecule has 2 aromatic rings. The van der Waals surface area contributed by atoms with Gasteiger partial charge in [-0.2, -0.15) is 4.98 Å². The molecule has 1 aliphatic rings. The van der Waals surface area contributed by atoms with E-state index in [1.807, 2.05) is 0 Å². The van der Waals surface area contributed by atoms with Crippen LogP contribution in [0.5, 0.6) is 0 Å². The van der Waals surface area contributed by atoms with Crippen LogP contribution >= 0.6 is 11.8 Å². The van der Waals surface area contributed by atoms with Crippen LogP contribution in [0.25, 0.3) is 11.2 Å². The first-order valence-electron chi connectivity index (χ1n) is 6.03. The summed E-state index contributed by atoms with van der Waals surface area (Å²) in [7, 11) is 0. The van der Waals surface area contributed by atoms with Crippen LogP contribution in [0.4, 0.5) is 10.3 Å².